The first-order valence-electron chi connectivity index (χ1n) is 2.38. The molecular formula is C5H8Br2O2. The molecule has 0 aliphatic heterocycles. The molecule has 0 rings (SSSR count). The summed E-state index contributed by atoms with van der Waals surface area (Å²) in [5.74, 6) is -0.264. The number of ether oxygens (including phenoxy) is 1. The molecule has 0 aliphatic carbocycles. The Hall–Kier alpha value is 0.430. The highest BCUT2D eigenvalue weighted by molar-refractivity contribution is 9.12. The van der Waals surface area contributed by atoms with Gasteiger partial charge >= 0.3 is 5.97 Å². The SMILES string of the molecule is COC(=O)C(C)(Br)CBr. The van der Waals surface area contributed by atoms with Crippen molar-refractivity contribution in [2.45, 2.75) is 11.2 Å². The van der Waals surface area contributed by atoms with Gasteiger partial charge in [-0.25, -0.2) is 0 Å². The number of carbonyl (C=O) groups excluding carboxylic acids is 1. The highest BCUT2D eigenvalue weighted by Crippen LogP contribution is 2.20. The topological polar surface area (TPSA) is 26.3 Å². The van der Waals surface area contributed by atoms with Crippen molar-refractivity contribution in [3.05, 3.63) is 0 Å². The fourth-order valence-electron chi connectivity index (χ4n) is 0.267. The van der Waals surface area contributed by atoms with Crippen LogP contribution in [0.3, 0.4) is 0 Å². The number of hydrogen-bond donors (Lipinski definition) is 0. The first-order chi connectivity index (χ1) is 4.04. The van der Waals surface area contributed by atoms with Gasteiger partial charge in [0.05, 0.1) is 7.11 Å². The van der Waals surface area contributed by atoms with E-state index in [1.165, 1.54) is 7.11 Å². The summed E-state index contributed by atoms with van der Waals surface area (Å²) < 4.78 is 3.91. The maximum atomic E-state index is 10.8. The molecule has 0 heterocycles. The van der Waals surface area contributed by atoms with Gasteiger partial charge in [-0.1, -0.05) is 31.9 Å². The molecule has 0 radical (unpaired) electrons. The third kappa shape index (κ3) is 2.67. The Morgan fingerprint density at radius 1 is 1.78 bits per heavy atom. The third-order valence-corrected chi connectivity index (χ3v) is 3.34. The van der Waals surface area contributed by atoms with Crippen molar-refractivity contribution in [2.24, 2.45) is 0 Å². The lowest BCUT2D eigenvalue weighted by molar-refractivity contribution is -0.142. The summed E-state index contributed by atoms with van der Waals surface area (Å²) in [6, 6.07) is 0. The summed E-state index contributed by atoms with van der Waals surface area (Å²) in [4.78, 5) is 10.8. The molecule has 0 saturated heterocycles. The van der Waals surface area contributed by atoms with Crippen molar-refractivity contribution in [3.63, 3.8) is 0 Å². The highest BCUT2D eigenvalue weighted by atomic mass is 79.9. The normalized spacial score (nSPS) is 16.4. The summed E-state index contributed by atoms with van der Waals surface area (Å²) in [6.07, 6.45) is 0. The lowest BCUT2D eigenvalue weighted by Crippen LogP contribution is -2.30. The van der Waals surface area contributed by atoms with Gasteiger partial charge in [-0.2, -0.15) is 0 Å². The Balaban J connectivity index is 3.97. The van der Waals surface area contributed by atoms with Crippen LogP contribution in [0, 0.1) is 0 Å². The Bertz CT molecular complexity index is 112. The molecule has 1 atom stereocenters. The van der Waals surface area contributed by atoms with Crippen LogP contribution in [0.4, 0.5) is 0 Å². The monoisotopic (exact) mass is 258 g/mol. The van der Waals surface area contributed by atoms with Crippen molar-refractivity contribution in [1.29, 1.82) is 0 Å². The summed E-state index contributed by atoms with van der Waals surface area (Å²) in [7, 11) is 1.37. The van der Waals surface area contributed by atoms with E-state index in [2.05, 4.69) is 36.6 Å². The van der Waals surface area contributed by atoms with Crippen LogP contribution in [0.1, 0.15) is 6.92 Å². The van der Waals surface area contributed by atoms with Gasteiger partial charge in [-0.3, -0.25) is 4.79 Å². The maximum absolute atomic E-state index is 10.8. The van der Waals surface area contributed by atoms with Crippen LogP contribution in [0.15, 0.2) is 0 Å². The minimum absolute atomic E-state index is 0.264. The van der Waals surface area contributed by atoms with Gasteiger partial charge in [-0.15, -0.1) is 0 Å². The lowest BCUT2D eigenvalue weighted by Gasteiger charge is -2.14. The number of methoxy groups -OCH3 is 1. The average molecular weight is 260 g/mol. The summed E-state index contributed by atoms with van der Waals surface area (Å²) in [6.45, 7) is 1.74. The summed E-state index contributed by atoms with van der Waals surface area (Å²) >= 11 is 6.35. The molecule has 0 aromatic heterocycles. The molecule has 0 bridgehead atoms. The van der Waals surface area contributed by atoms with Crippen LogP contribution in [-0.4, -0.2) is 22.7 Å². The largest absolute Gasteiger partial charge is 0.468 e. The molecule has 0 aromatic carbocycles. The van der Waals surface area contributed by atoms with Crippen molar-refractivity contribution in [1.82, 2.24) is 0 Å². The maximum Gasteiger partial charge on any atom is 0.323 e. The van der Waals surface area contributed by atoms with Gasteiger partial charge in [0.15, 0.2) is 0 Å². The van der Waals surface area contributed by atoms with Crippen LogP contribution in [0.25, 0.3) is 0 Å². The van der Waals surface area contributed by atoms with Crippen LogP contribution in [0.2, 0.25) is 0 Å². The minimum atomic E-state index is -0.582. The molecule has 0 aliphatic rings. The predicted molar refractivity (Wildman–Crippen MR) is 43.1 cm³/mol. The molecule has 0 N–H and O–H groups in total. The summed E-state index contributed by atoms with van der Waals surface area (Å²) in [5.41, 5.74) is 0. The molecule has 0 spiro atoms. The molecule has 4 heteroatoms. The first-order valence-corrected chi connectivity index (χ1v) is 4.29. The van der Waals surface area contributed by atoms with E-state index >= 15 is 0 Å². The van der Waals surface area contributed by atoms with Crippen LogP contribution in [0.5, 0.6) is 0 Å². The molecule has 0 amide bonds. The molecule has 0 fully saturated rings. The van der Waals surface area contributed by atoms with E-state index in [-0.39, 0.29) is 5.97 Å². The molecule has 1 unspecified atom stereocenters. The highest BCUT2D eigenvalue weighted by Gasteiger charge is 2.29. The van der Waals surface area contributed by atoms with Gasteiger partial charge in [0, 0.05) is 5.33 Å². The lowest BCUT2D eigenvalue weighted by atomic mass is 10.2. The fourth-order valence-corrected chi connectivity index (χ4v) is 0.658. The zero-order valence-corrected chi connectivity index (χ0v) is 8.45. The van der Waals surface area contributed by atoms with Crippen LogP contribution in [-0.2, 0) is 9.53 Å². The minimum Gasteiger partial charge on any atom is -0.468 e. The quantitative estimate of drug-likeness (QED) is 0.558. The number of halogens is 2. The van der Waals surface area contributed by atoms with Crippen molar-refractivity contribution >= 4 is 37.8 Å². The van der Waals surface area contributed by atoms with Gasteiger partial charge in [0.1, 0.15) is 4.32 Å². The van der Waals surface area contributed by atoms with Crippen molar-refractivity contribution in [2.75, 3.05) is 12.4 Å². The van der Waals surface area contributed by atoms with Crippen molar-refractivity contribution < 1.29 is 9.53 Å². The Labute approximate surface area is 71.2 Å². The fraction of sp³-hybridized carbons (Fsp3) is 0.800. The molecule has 9 heavy (non-hydrogen) atoms. The molecule has 2 nitrogen and oxygen atoms in total. The number of carbonyl (C=O) groups is 1. The second kappa shape index (κ2) is 3.56. The Kier molecular flexibility index (Phi) is 3.73. The standard InChI is InChI=1S/C5H8Br2O2/c1-5(7,3-6)4(8)9-2/h3H2,1-2H3. The Morgan fingerprint density at radius 3 is 2.33 bits per heavy atom. The molecule has 0 saturated carbocycles. The van der Waals surface area contributed by atoms with E-state index < -0.39 is 4.32 Å². The van der Waals surface area contributed by atoms with Gasteiger partial charge in [0.25, 0.3) is 0 Å². The van der Waals surface area contributed by atoms with Gasteiger partial charge in [-0.05, 0) is 6.92 Å². The van der Waals surface area contributed by atoms with Gasteiger partial charge in [0.2, 0.25) is 0 Å². The van der Waals surface area contributed by atoms with E-state index in [4.69, 9.17) is 0 Å². The van der Waals surface area contributed by atoms with Gasteiger partial charge < -0.3 is 4.74 Å². The molecule has 0 aromatic rings. The van der Waals surface area contributed by atoms with Crippen molar-refractivity contribution in [3.8, 4) is 0 Å². The predicted octanol–water partition coefficient (Wildman–Crippen LogP) is 1.71. The smallest absolute Gasteiger partial charge is 0.323 e. The molecular weight excluding hydrogens is 252 g/mol. The second-order valence-electron chi connectivity index (χ2n) is 1.82. The zero-order chi connectivity index (χ0) is 7.49. The number of alkyl halides is 2. The van der Waals surface area contributed by atoms with E-state index in [9.17, 15) is 4.79 Å². The first kappa shape index (κ1) is 9.43. The average Bonchev–Trinajstić information content (AvgIpc) is 1.86. The van der Waals surface area contributed by atoms with E-state index in [1.54, 1.807) is 6.92 Å². The van der Waals surface area contributed by atoms with E-state index in [0.717, 1.165) is 0 Å². The second-order valence-corrected chi connectivity index (χ2v) is 4.13. The third-order valence-electron chi connectivity index (χ3n) is 0.862. The van der Waals surface area contributed by atoms with Crippen LogP contribution < -0.4 is 0 Å². The van der Waals surface area contributed by atoms with E-state index in [1.807, 2.05) is 0 Å². The molecule has 54 valence electrons. The number of esters is 1. The van der Waals surface area contributed by atoms with E-state index in [0.29, 0.717) is 5.33 Å². The zero-order valence-electron chi connectivity index (χ0n) is 5.28. The number of hydrogen-bond acceptors (Lipinski definition) is 2. The summed E-state index contributed by atoms with van der Waals surface area (Å²) in [5, 5.41) is 0.548. The number of rotatable bonds is 2. The van der Waals surface area contributed by atoms with Crippen LogP contribution >= 0.6 is 31.9 Å². The Morgan fingerprint density at radius 2 is 2.22 bits per heavy atom.